The van der Waals surface area contributed by atoms with E-state index in [0.717, 1.165) is 32.1 Å². The van der Waals surface area contributed by atoms with Crippen LogP contribution in [0.5, 0.6) is 5.75 Å². The van der Waals surface area contributed by atoms with Gasteiger partial charge in [-0.05, 0) is 44.9 Å². The molecule has 1 aliphatic heterocycles. The first-order chi connectivity index (χ1) is 21.1. The topological polar surface area (TPSA) is 125 Å². The summed E-state index contributed by atoms with van der Waals surface area (Å²) in [5.74, 6) is -0.0894. The standard InChI is InChI=1S/C32H48N6O6/c1-21(33-2)29(39)34-27(22-10-8-7-9-11-22)31(41)37-14-16-38(17-15-37)32(42)28-26(30(40)35(3)18-19-43-5)24-13-12-23(44-6)20-25(24)36(28)4/h12-13,20-22,27,33H,7-11,14-19H2,1-6H3,(H,34,39)/t21-,27?/m0/s1. The van der Waals surface area contributed by atoms with Crippen LogP contribution in [0.15, 0.2) is 18.2 Å². The van der Waals surface area contributed by atoms with Gasteiger partial charge in [0.1, 0.15) is 17.5 Å². The maximum absolute atomic E-state index is 14.1. The molecule has 1 aromatic heterocycles. The van der Waals surface area contributed by atoms with Crippen LogP contribution in [0.3, 0.4) is 0 Å². The van der Waals surface area contributed by atoms with Crippen molar-refractivity contribution in [1.29, 1.82) is 0 Å². The van der Waals surface area contributed by atoms with E-state index in [1.165, 1.54) is 0 Å². The van der Waals surface area contributed by atoms with Crippen molar-refractivity contribution in [2.24, 2.45) is 13.0 Å². The third-order valence-electron chi connectivity index (χ3n) is 9.19. The monoisotopic (exact) mass is 612 g/mol. The third kappa shape index (κ3) is 7.02. The summed E-state index contributed by atoms with van der Waals surface area (Å²) in [5.41, 5.74) is 1.36. The van der Waals surface area contributed by atoms with E-state index >= 15 is 0 Å². The van der Waals surface area contributed by atoms with Gasteiger partial charge >= 0.3 is 0 Å². The molecule has 4 rings (SSSR count). The van der Waals surface area contributed by atoms with E-state index in [4.69, 9.17) is 9.47 Å². The van der Waals surface area contributed by atoms with E-state index in [1.54, 1.807) is 67.6 Å². The van der Waals surface area contributed by atoms with Gasteiger partial charge in [-0.1, -0.05) is 19.3 Å². The van der Waals surface area contributed by atoms with Crippen molar-refractivity contribution in [2.75, 3.05) is 67.6 Å². The highest BCUT2D eigenvalue weighted by Crippen LogP contribution is 2.31. The number of benzene rings is 1. The fourth-order valence-electron chi connectivity index (χ4n) is 6.27. The maximum atomic E-state index is 14.1. The van der Waals surface area contributed by atoms with Gasteiger partial charge in [0.15, 0.2) is 0 Å². The number of carbonyl (C=O) groups is 4. The van der Waals surface area contributed by atoms with Crippen LogP contribution < -0.4 is 15.4 Å². The van der Waals surface area contributed by atoms with Crippen LogP contribution >= 0.6 is 0 Å². The van der Waals surface area contributed by atoms with Crippen LogP contribution in [0.25, 0.3) is 10.9 Å². The molecule has 2 aliphatic rings. The molecule has 2 atom stereocenters. The molecule has 2 heterocycles. The molecule has 242 valence electrons. The normalized spacial score (nSPS) is 17.3. The average Bonchev–Trinajstić information content (AvgIpc) is 3.35. The second kappa shape index (κ2) is 14.9. The van der Waals surface area contributed by atoms with Crippen LogP contribution in [-0.4, -0.2) is 123 Å². The van der Waals surface area contributed by atoms with Crippen LogP contribution in [0.2, 0.25) is 0 Å². The second-order valence-electron chi connectivity index (χ2n) is 11.9. The molecular weight excluding hydrogens is 564 g/mol. The van der Waals surface area contributed by atoms with Crippen LogP contribution in [-0.2, 0) is 21.4 Å². The van der Waals surface area contributed by atoms with Gasteiger partial charge in [0.25, 0.3) is 11.8 Å². The van der Waals surface area contributed by atoms with Crippen molar-refractivity contribution in [1.82, 2.24) is 29.9 Å². The summed E-state index contributed by atoms with van der Waals surface area (Å²) in [7, 11) is 8.36. The quantitative estimate of drug-likeness (QED) is 0.397. The Morgan fingerprint density at radius 3 is 2.30 bits per heavy atom. The summed E-state index contributed by atoms with van der Waals surface area (Å²) >= 11 is 0. The lowest BCUT2D eigenvalue weighted by Crippen LogP contribution is -2.59. The smallest absolute Gasteiger partial charge is 0.271 e. The predicted octanol–water partition coefficient (Wildman–Crippen LogP) is 1.86. The van der Waals surface area contributed by atoms with Crippen LogP contribution in [0.4, 0.5) is 0 Å². The summed E-state index contributed by atoms with van der Waals surface area (Å²) in [5, 5.41) is 6.65. The van der Waals surface area contributed by atoms with E-state index in [-0.39, 0.29) is 29.5 Å². The molecule has 2 aromatic rings. The average molecular weight is 613 g/mol. The first-order valence-electron chi connectivity index (χ1n) is 15.6. The molecule has 2 N–H and O–H groups in total. The lowest BCUT2D eigenvalue weighted by Gasteiger charge is -2.39. The number of aromatic nitrogens is 1. The highest BCUT2D eigenvalue weighted by atomic mass is 16.5. The fourth-order valence-corrected chi connectivity index (χ4v) is 6.27. The highest BCUT2D eigenvalue weighted by molar-refractivity contribution is 6.16. The zero-order valence-corrected chi connectivity index (χ0v) is 27.0. The number of fused-ring (bicyclic) bond motifs is 1. The first-order valence-corrected chi connectivity index (χ1v) is 15.6. The van der Waals surface area contributed by atoms with Gasteiger partial charge in [0.2, 0.25) is 11.8 Å². The molecule has 1 saturated carbocycles. The van der Waals surface area contributed by atoms with Crippen molar-refractivity contribution < 1.29 is 28.7 Å². The van der Waals surface area contributed by atoms with Crippen molar-refractivity contribution in [3.05, 3.63) is 29.5 Å². The largest absolute Gasteiger partial charge is 0.497 e. The lowest BCUT2D eigenvalue weighted by molar-refractivity contribution is -0.140. The first kappa shape index (κ1) is 33.3. The summed E-state index contributed by atoms with van der Waals surface area (Å²) in [4.78, 5) is 59.5. The molecule has 1 saturated heterocycles. The molecule has 12 heteroatoms. The molecule has 0 spiro atoms. The maximum Gasteiger partial charge on any atom is 0.271 e. The van der Waals surface area contributed by atoms with E-state index < -0.39 is 12.1 Å². The minimum absolute atomic E-state index is 0.0898. The highest BCUT2D eigenvalue weighted by Gasteiger charge is 2.37. The number of amides is 4. The van der Waals surface area contributed by atoms with E-state index in [9.17, 15) is 19.2 Å². The Bertz CT molecular complexity index is 1340. The van der Waals surface area contributed by atoms with E-state index in [1.807, 2.05) is 12.1 Å². The molecule has 4 amide bonds. The summed E-state index contributed by atoms with van der Waals surface area (Å²) < 4.78 is 12.3. The number of nitrogens with zero attached hydrogens (tertiary/aromatic N) is 4. The number of piperazine rings is 1. The Morgan fingerprint density at radius 1 is 1.02 bits per heavy atom. The second-order valence-corrected chi connectivity index (χ2v) is 11.9. The molecule has 0 bridgehead atoms. The third-order valence-corrected chi connectivity index (χ3v) is 9.19. The Labute approximate surface area is 260 Å². The molecule has 1 aliphatic carbocycles. The summed E-state index contributed by atoms with van der Waals surface area (Å²) in [6.07, 6.45) is 5.06. The summed E-state index contributed by atoms with van der Waals surface area (Å²) in [6.45, 7) is 3.86. The summed E-state index contributed by atoms with van der Waals surface area (Å²) in [6, 6.07) is 4.43. The lowest BCUT2D eigenvalue weighted by atomic mass is 9.83. The van der Waals surface area contributed by atoms with E-state index in [2.05, 4.69) is 10.6 Å². The number of rotatable bonds is 11. The molecular formula is C32H48N6O6. The number of carbonyl (C=O) groups excluding carboxylic acids is 4. The Morgan fingerprint density at radius 2 is 1.68 bits per heavy atom. The van der Waals surface area contributed by atoms with E-state index in [0.29, 0.717) is 67.2 Å². The number of ether oxygens (including phenoxy) is 2. The zero-order valence-electron chi connectivity index (χ0n) is 27.0. The van der Waals surface area contributed by atoms with Gasteiger partial charge in [-0.2, -0.15) is 0 Å². The van der Waals surface area contributed by atoms with Gasteiger partial charge in [-0.15, -0.1) is 0 Å². The molecule has 12 nitrogen and oxygen atoms in total. The van der Waals surface area contributed by atoms with Crippen molar-refractivity contribution in [2.45, 2.75) is 51.1 Å². The van der Waals surface area contributed by atoms with Crippen LogP contribution in [0.1, 0.15) is 59.9 Å². The molecule has 2 fully saturated rings. The number of methoxy groups -OCH3 is 2. The Hall–Kier alpha value is -3.64. The number of nitrogens with one attached hydrogen (secondary N) is 2. The Balaban J connectivity index is 1.56. The number of aryl methyl sites for hydroxylation is 1. The van der Waals surface area contributed by atoms with Crippen molar-refractivity contribution >= 4 is 34.5 Å². The molecule has 1 unspecified atom stereocenters. The van der Waals surface area contributed by atoms with Crippen molar-refractivity contribution in [3.8, 4) is 5.75 Å². The molecule has 1 aromatic carbocycles. The van der Waals surface area contributed by atoms with Gasteiger partial charge < -0.3 is 39.4 Å². The molecule has 44 heavy (non-hydrogen) atoms. The van der Waals surface area contributed by atoms with Crippen LogP contribution in [0, 0.1) is 5.92 Å². The zero-order chi connectivity index (χ0) is 32.0. The predicted molar refractivity (Wildman–Crippen MR) is 168 cm³/mol. The van der Waals surface area contributed by atoms with Gasteiger partial charge in [0, 0.05) is 65.4 Å². The van der Waals surface area contributed by atoms with Crippen molar-refractivity contribution in [3.63, 3.8) is 0 Å². The number of likely N-dealkylation sites (N-methyl/N-ethyl adjacent to an activating group) is 2. The minimum Gasteiger partial charge on any atom is -0.497 e. The SMILES string of the molecule is CN[C@@H](C)C(=O)NC(C(=O)N1CCN(C(=O)c2c(C(=O)N(C)CCOC)c3ccc(OC)cc3n2C)CC1)C1CCCCC1. The molecule has 0 radical (unpaired) electrons. The van der Waals surface area contributed by atoms with Gasteiger partial charge in [0.05, 0.1) is 30.8 Å². The van der Waals surface area contributed by atoms with Gasteiger partial charge in [-0.3, -0.25) is 19.2 Å². The minimum atomic E-state index is -0.583. The Kier molecular flexibility index (Phi) is 11.3. The van der Waals surface area contributed by atoms with Gasteiger partial charge in [-0.25, -0.2) is 0 Å². The number of hydrogen-bond donors (Lipinski definition) is 2. The number of hydrogen-bond acceptors (Lipinski definition) is 7. The fraction of sp³-hybridized carbons (Fsp3) is 0.625.